The Kier molecular flexibility index (Phi) is 7.28. The maximum Gasteiger partial charge on any atom is 0.303 e. The van der Waals surface area contributed by atoms with Crippen molar-refractivity contribution in [3.05, 3.63) is 29.8 Å². The normalized spacial score (nSPS) is 27.7. The monoisotopic (exact) mass is 408 g/mol. The van der Waals surface area contributed by atoms with Crippen LogP contribution in [0.4, 0.5) is 0 Å². The molecule has 0 aliphatic carbocycles. The molecule has 1 heterocycles. The SMILES string of the molecule is CC(=O)O[C@@H]1[C@@H](OC(C)=O)[C@H](C)O[C@@H](C(C)(C)C=O)[C@@H]1Sc1ccc(C)cc1. The summed E-state index contributed by atoms with van der Waals surface area (Å²) in [5.74, 6) is -0.960. The van der Waals surface area contributed by atoms with Gasteiger partial charge in [0, 0.05) is 24.2 Å². The van der Waals surface area contributed by atoms with Gasteiger partial charge >= 0.3 is 11.9 Å². The van der Waals surface area contributed by atoms with Crippen LogP contribution in [-0.4, -0.2) is 47.9 Å². The third-order valence-corrected chi connectivity index (χ3v) is 6.04. The number of hydrogen-bond donors (Lipinski definition) is 0. The molecule has 7 heteroatoms. The number of carbonyl (C=O) groups is 3. The number of benzene rings is 1. The summed E-state index contributed by atoms with van der Waals surface area (Å²) in [6, 6.07) is 7.90. The molecule has 1 aliphatic heterocycles. The van der Waals surface area contributed by atoms with E-state index < -0.39 is 47.0 Å². The zero-order chi connectivity index (χ0) is 21.1. The second-order valence-corrected chi connectivity index (χ2v) is 9.00. The number of carbonyl (C=O) groups excluding carboxylic acids is 3. The summed E-state index contributed by atoms with van der Waals surface area (Å²) < 4.78 is 17.2. The minimum atomic E-state index is -0.823. The van der Waals surface area contributed by atoms with Crippen LogP contribution in [-0.2, 0) is 28.6 Å². The quantitative estimate of drug-likeness (QED) is 0.528. The van der Waals surface area contributed by atoms with Crippen LogP contribution in [0.5, 0.6) is 0 Å². The average Bonchev–Trinajstić information content (AvgIpc) is 2.61. The topological polar surface area (TPSA) is 78.9 Å². The molecule has 0 amide bonds. The Morgan fingerprint density at radius 3 is 2.11 bits per heavy atom. The third kappa shape index (κ3) is 5.35. The molecule has 1 aliphatic rings. The summed E-state index contributed by atoms with van der Waals surface area (Å²) in [6.45, 7) is 9.95. The number of hydrogen-bond acceptors (Lipinski definition) is 7. The van der Waals surface area contributed by atoms with Crippen molar-refractivity contribution in [3.63, 3.8) is 0 Å². The molecule has 0 radical (unpaired) electrons. The highest BCUT2D eigenvalue weighted by molar-refractivity contribution is 8.00. The average molecular weight is 409 g/mol. The maximum atomic E-state index is 11.8. The van der Waals surface area contributed by atoms with E-state index in [1.165, 1.54) is 25.6 Å². The zero-order valence-electron chi connectivity index (χ0n) is 17.1. The maximum absolute atomic E-state index is 11.8. The van der Waals surface area contributed by atoms with Gasteiger partial charge in [0.25, 0.3) is 0 Å². The molecule has 0 unspecified atom stereocenters. The van der Waals surface area contributed by atoms with E-state index in [0.717, 1.165) is 16.7 Å². The van der Waals surface area contributed by atoms with E-state index in [0.29, 0.717) is 0 Å². The van der Waals surface area contributed by atoms with Crippen molar-refractivity contribution in [1.82, 2.24) is 0 Å². The standard InChI is InChI=1S/C21H28O6S/c1-12-7-9-16(10-8-12)28-19-18(27-15(4)24)17(26-14(3)23)13(2)25-20(19)21(5,6)11-22/h7-11,13,17-20H,1-6H3/t13-,17-,18+,19+,20+/m0/s1. The second-order valence-electron chi connectivity index (χ2n) is 7.74. The van der Waals surface area contributed by atoms with Gasteiger partial charge in [0.05, 0.1) is 17.5 Å². The Hall–Kier alpha value is -1.86. The molecular formula is C21H28O6S. The summed E-state index contributed by atoms with van der Waals surface area (Å²) in [7, 11) is 0. The summed E-state index contributed by atoms with van der Waals surface area (Å²) in [6.07, 6.45) is -1.73. The van der Waals surface area contributed by atoms with Gasteiger partial charge in [-0.3, -0.25) is 9.59 Å². The molecule has 28 heavy (non-hydrogen) atoms. The molecule has 2 rings (SSSR count). The van der Waals surface area contributed by atoms with Gasteiger partial charge in [0.2, 0.25) is 0 Å². The van der Waals surface area contributed by atoms with E-state index in [9.17, 15) is 14.4 Å². The number of rotatable bonds is 6. The Balaban J connectivity index is 2.48. The van der Waals surface area contributed by atoms with Gasteiger partial charge in [-0.1, -0.05) is 31.5 Å². The van der Waals surface area contributed by atoms with Crippen LogP contribution < -0.4 is 0 Å². The molecule has 0 saturated carbocycles. The molecule has 0 aromatic heterocycles. The molecule has 5 atom stereocenters. The van der Waals surface area contributed by atoms with Crippen LogP contribution in [0.2, 0.25) is 0 Å². The van der Waals surface area contributed by atoms with Gasteiger partial charge in [0.15, 0.2) is 12.2 Å². The van der Waals surface area contributed by atoms with Crippen molar-refractivity contribution in [1.29, 1.82) is 0 Å². The van der Waals surface area contributed by atoms with Gasteiger partial charge in [0.1, 0.15) is 6.29 Å². The van der Waals surface area contributed by atoms with E-state index in [2.05, 4.69) is 0 Å². The summed E-state index contributed by atoms with van der Waals surface area (Å²) in [4.78, 5) is 36.2. The van der Waals surface area contributed by atoms with E-state index in [1.54, 1.807) is 20.8 Å². The Bertz CT molecular complexity index is 714. The lowest BCUT2D eigenvalue weighted by Gasteiger charge is -2.48. The zero-order valence-corrected chi connectivity index (χ0v) is 17.9. The molecule has 0 N–H and O–H groups in total. The summed E-state index contributed by atoms with van der Waals surface area (Å²) >= 11 is 1.45. The first-order valence-electron chi connectivity index (χ1n) is 9.24. The lowest BCUT2D eigenvalue weighted by molar-refractivity contribution is -0.211. The number of aldehydes is 1. The molecule has 1 aromatic rings. The van der Waals surface area contributed by atoms with Crippen molar-refractivity contribution in [2.45, 2.75) is 76.1 Å². The van der Waals surface area contributed by atoms with E-state index in [4.69, 9.17) is 14.2 Å². The lowest BCUT2D eigenvalue weighted by atomic mass is 9.81. The number of thioether (sulfide) groups is 1. The van der Waals surface area contributed by atoms with Crippen molar-refractivity contribution in [2.24, 2.45) is 5.41 Å². The smallest absolute Gasteiger partial charge is 0.303 e. The predicted molar refractivity (Wildman–Crippen MR) is 106 cm³/mol. The highest BCUT2D eigenvalue weighted by Gasteiger charge is 2.53. The van der Waals surface area contributed by atoms with Crippen molar-refractivity contribution in [2.75, 3.05) is 0 Å². The van der Waals surface area contributed by atoms with Gasteiger partial charge < -0.3 is 19.0 Å². The lowest BCUT2D eigenvalue weighted by Crippen LogP contribution is -2.61. The van der Waals surface area contributed by atoms with Crippen LogP contribution in [0.15, 0.2) is 29.2 Å². The fourth-order valence-corrected chi connectivity index (χ4v) is 4.75. The Morgan fingerprint density at radius 1 is 1.07 bits per heavy atom. The summed E-state index contributed by atoms with van der Waals surface area (Å²) in [5.41, 5.74) is 0.299. The molecule has 6 nitrogen and oxygen atoms in total. The number of ether oxygens (including phenoxy) is 3. The first kappa shape index (κ1) is 22.4. The van der Waals surface area contributed by atoms with Crippen LogP contribution in [0.25, 0.3) is 0 Å². The van der Waals surface area contributed by atoms with Crippen LogP contribution >= 0.6 is 11.8 Å². The summed E-state index contributed by atoms with van der Waals surface area (Å²) in [5, 5.41) is -0.438. The molecular weight excluding hydrogens is 380 g/mol. The van der Waals surface area contributed by atoms with E-state index in [-0.39, 0.29) is 0 Å². The third-order valence-electron chi connectivity index (χ3n) is 4.70. The molecule has 0 bridgehead atoms. The number of aryl methyl sites for hydroxylation is 1. The van der Waals surface area contributed by atoms with E-state index in [1.807, 2.05) is 31.2 Å². The van der Waals surface area contributed by atoms with Crippen LogP contribution in [0, 0.1) is 12.3 Å². The largest absolute Gasteiger partial charge is 0.457 e. The molecule has 0 spiro atoms. The highest BCUT2D eigenvalue weighted by atomic mass is 32.2. The molecule has 1 saturated heterocycles. The molecule has 154 valence electrons. The van der Waals surface area contributed by atoms with Gasteiger partial charge in [-0.05, 0) is 26.0 Å². The Morgan fingerprint density at radius 2 is 1.61 bits per heavy atom. The van der Waals surface area contributed by atoms with Crippen molar-refractivity contribution < 1.29 is 28.6 Å². The van der Waals surface area contributed by atoms with Crippen molar-refractivity contribution in [3.8, 4) is 0 Å². The van der Waals surface area contributed by atoms with Crippen molar-refractivity contribution >= 4 is 30.0 Å². The second kappa shape index (κ2) is 9.09. The van der Waals surface area contributed by atoms with Crippen LogP contribution in [0.3, 0.4) is 0 Å². The highest BCUT2D eigenvalue weighted by Crippen LogP contribution is 2.43. The van der Waals surface area contributed by atoms with E-state index >= 15 is 0 Å². The molecule has 1 aromatic carbocycles. The number of esters is 2. The van der Waals surface area contributed by atoms with Gasteiger partial charge in [-0.15, -0.1) is 11.8 Å². The first-order chi connectivity index (χ1) is 13.0. The van der Waals surface area contributed by atoms with Gasteiger partial charge in [-0.2, -0.15) is 0 Å². The van der Waals surface area contributed by atoms with Crippen LogP contribution in [0.1, 0.15) is 40.2 Å². The first-order valence-corrected chi connectivity index (χ1v) is 10.1. The fraction of sp³-hybridized carbons (Fsp3) is 0.571. The molecule has 1 fully saturated rings. The predicted octanol–water partition coefficient (Wildman–Crippen LogP) is 3.33. The van der Waals surface area contributed by atoms with Gasteiger partial charge in [-0.25, -0.2) is 0 Å². The Labute approximate surface area is 170 Å². The minimum Gasteiger partial charge on any atom is -0.457 e. The fourth-order valence-electron chi connectivity index (χ4n) is 3.26. The minimum absolute atomic E-state index is 0.438.